The van der Waals surface area contributed by atoms with Gasteiger partial charge in [0.05, 0.1) is 6.21 Å². The van der Waals surface area contributed by atoms with E-state index in [2.05, 4.69) is 5.16 Å². The molecule has 0 radical (unpaired) electrons. The van der Waals surface area contributed by atoms with Crippen LogP contribution < -0.4 is 4.74 Å². The number of ether oxygens (including phenoxy) is 11. The standard InChI is InChI=1S/C33H41NO19/c1-15(35)43-13-24-26(45-17(3)37)28(46-18(4)38)31(49-21(7)41)33(52-24)53-27-25(14-44-16(2)36)51-32(30(48-20(6)40)29(27)47-19(5)39)50-23-10-8-22(9-11-23)12-34-42/h8-12,24-33,42H,13-14H2,1-7H3/b34-12-/t24-,25-,26+,27-,28+,29+,30-,31-,32-,33+/m1/s1. The van der Waals surface area contributed by atoms with E-state index in [9.17, 15) is 33.6 Å². The molecule has 0 aromatic heterocycles. The third kappa shape index (κ3) is 12.7. The Bertz CT molecular complexity index is 1510. The van der Waals surface area contributed by atoms with Crippen molar-refractivity contribution < 1.29 is 90.9 Å². The number of hydrogen-bond acceptors (Lipinski definition) is 20. The van der Waals surface area contributed by atoms with Gasteiger partial charge in [-0.1, -0.05) is 5.16 Å². The molecule has 0 amide bonds. The first-order valence-electron chi connectivity index (χ1n) is 16.0. The lowest BCUT2D eigenvalue weighted by molar-refractivity contribution is -0.354. The first-order valence-corrected chi connectivity index (χ1v) is 16.0. The van der Waals surface area contributed by atoms with Crippen LogP contribution >= 0.6 is 0 Å². The number of carbonyl (C=O) groups excluding carboxylic acids is 7. The van der Waals surface area contributed by atoms with Gasteiger partial charge < -0.3 is 57.3 Å². The van der Waals surface area contributed by atoms with Crippen molar-refractivity contribution in [2.45, 2.75) is 110 Å². The third-order valence-electron chi connectivity index (χ3n) is 7.22. The quantitative estimate of drug-likeness (QED) is 0.0891. The van der Waals surface area contributed by atoms with Crippen LogP contribution in [-0.2, 0) is 80.9 Å². The zero-order chi connectivity index (χ0) is 39.4. The van der Waals surface area contributed by atoms with E-state index in [0.29, 0.717) is 5.56 Å². The summed E-state index contributed by atoms with van der Waals surface area (Å²) < 4.78 is 62.3. The van der Waals surface area contributed by atoms with E-state index in [-0.39, 0.29) is 5.75 Å². The topological polar surface area (TPSA) is 254 Å². The highest BCUT2D eigenvalue weighted by molar-refractivity contribution is 5.79. The Morgan fingerprint density at radius 3 is 1.42 bits per heavy atom. The molecule has 3 rings (SSSR count). The van der Waals surface area contributed by atoms with Crippen molar-refractivity contribution in [2.75, 3.05) is 13.2 Å². The van der Waals surface area contributed by atoms with E-state index < -0.39 is 116 Å². The van der Waals surface area contributed by atoms with Gasteiger partial charge in [0.15, 0.2) is 30.7 Å². The van der Waals surface area contributed by atoms with Crippen molar-refractivity contribution >= 4 is 48.0 Å². The molecule has 2 heterocycles. The zero-order valence-electron chi connectivity index (χ0n) is 29.8. The number of nitrogens with zero attached hydrogens (tertiary/aromatic N) is 1. The molecule has 0 bridgehead atoms. The van der Waals surface area contributed by atoms with Crippen LogP contribution in [0.25, 0.3) is 0 Å². The molecule has 1 aromatic carbocycles. The summed E-state index contributed by atoms with van der Waals surface area (Å²) in [6.45, 7) is 6.23. The summed E-state index contributed by atoms with van der Waals surface area (Å²) in [7, 11) is 0. The molecule has 2 aliphatic heterocycles. The molecular formula is C33H41NO19. The molecule has 1 aromatic rings. The molecule has 2 fully saturated rings. The minimum atomic E-state index is -1.82. The number of hydrogen-bond donors (Lipinski definition) is 1. The summed E-state index contributed by atoms with van der Waals surface area (Å²) in [5.74, 6) is -5.85. The molecule has 53 heavy (non-hydrogen) atoms. The predicted molar refractivity (Wildman–Crippen MR) is 170 cm³/mol. The molecule has 2 saturated heterocycles. The Morgan fingerprint density at radius 1 is 0.566 bits per heavy atom. The van der Waals surface area contributed by atoms with Crippen LogP contribution in [0.4, 0.5) is 0 Å². The molecule has 2 aliphatic rings. The molecule has 0 spiro atoms. The van der Waals surface area contributed by atoms with E-state index in [1.807, 2.05) is 0 Å². The highest BCUT2D eigenvalue weighted by Gasteiger charge is 2.58. The van der Waals surface area contributed by atoms with Crippen molar-refractivity contribution in [3.05, 3.63) is 29.8 Å². The second-order valence-corrected chi connectivity index (χ2v) is 11.6. The van der Waals surface area contributed by atoms with Crippen LogP contribution in [0, 0.1) is 0 Å². The molecular weight excluding hydrogens is 714 g/mol. The lowest BCUT2D eigenvalue weighted by Crippen LogP contribution is -2.67. The van der Waals surface area contributed by atoms with Crippen molar-refractivity contribution in [2.24, 2.45) is 5.16 Å². The maximum atomic E-state index is 12.6. The lowest BCUT2D eigenvalue weighted by atomic mass is 9.96. The number of carbonyl (C=O) groups is 7. The Balaban J connectivity index is 2.16. The third-order valence-corrected chi connectivity index (χ3v) is 7.22. The van der Waals surface area contributed by atoms with E-state index in [1.165, 1.54) is 24.3 Å². The van der Waals surface area contributed by atoms with E-state index >= 15 is 0 Å². The van der Waals surface area contributed by atoms with Gasteiger partial charge in [0.25, 0.3) is 0 Å². The summed E-state index contributed by atoms with van der Waals surface area (Å²) in [6.07, 6.45) is -14.8. The number of rotatable bonds is 14. The first-order chi connectivity index (χ1) is 25.0. The number of esters is 7. The maximum Gasteiger partial charge on any atom is 0.303 e. The second kappa shape index (κ2) is 19.5. The molecule has 0 saturated carbocycles. The normalized spacial score (nSPS) is 28.1. The minimum absolute atomic E-state index is 0.147. The fourth-order valence-corrected chi connectivity index (χ4v) is 5.40. The Morgan fingerprint density at radius 2 is 0.962 bits per heavy atom. The smallest absolute Gasteiger partial charge is 0.303 e. The molecule has 20 nitrogen and oxygen atoms in total. The molecule has 1 N–H and O–H groups in total. The predicted octanol–water partition coefficient (Wildman–Crippen LogP) is 0.493. The number of benzene rings is 1. The summed E-state index contributed by atoms with van der Waals surface area (Å²) in [5, 5.41) is 11.8. The lowest BCUT2D eigenvalue weighted by Gasteiger charge is -2.48. The molecule has 20 heteroatoms. The summed E-state index contributed by atoms with van der Waals surface area (Å²) >= 11 is 0. The van der Waals surface area contributed by atoms with Crippen LogP contribution in [-0.4, -0.2) is 128 Å². The highest BCUT2D eigenvalue weighted by atomic mass is 16.8. The Hall–Kier alpha value is -5.34. The molecule has 0 aliphatic carbocycles. The van der Waals surface area contributed by atoms with Crippen molar-refractivity contribution in [3.8, 4) is 5.75 Å². The van der Waals surface area contributed by atoms with E-state index in [0.717, 1.165) is 54.7 Å². The van der Waals surface area contributed by atoms with E-state index in [1.54, 1.807) is 0 Å². The van der Waals surface area contributed by atoms with Crippen molar-refractivity contribution in [1.29, 1.82) is 0 Å². The highest BCUT2D eigenvalue weighted by Crippen LogP contribution is 2.36. The van der Waals surface area contributed by atoms with Gasteiger partial charge in [-0.25, -0.2) is 0 Å². The van der Waals surface area contributed by atoms with Crippen LogP contribution in [0.15, 0.2) is 29.4 Å². The van der Waals surface area contributed by atoms with Crippen molar-refractivity contribution in [3.63, 3.8) is 0 Å². The van der Waals surface area contributed by atoms with Crippen LogP contribution in [0.2, 0.25) is 0 Å². The fourth-order valence-electron chi connectivity index (χ4n) is 5.40. The summed E-state index contributed by atoms with van der Waals surface area (Å²) in [5.41, 5.74) is 0.491. The summed E-state index contributed by atoms with van der Waals surface area (Å²) in [6, 6.07) is 5.98. The van der Waals surface area contributed by atoms with E-state index in [4.69, 9.17) is 57.3 Å². The van der Waals surface area contributed by atoms with Gasteiger partial charge in [0, 0.05) is 48.5 Å². The second-order valence-electron chi connectivity index (χ2n) is 11.6. The van der Waals surface area contributed by atoms with Gasteiger partial charge in [0.2, 0.25) is 12.4 Å². The average Bonchev–Trinajstić information content (AvgIpc) is 3.04. The summed E-state index contributed by atoms with van der Waals surface area (Å²) in [4.78, 5) is 85.7. The largest absolute Gasteiger partial charge is 0.463 e. The maximum absolute atomic E-state index is 12.6. The average molecular weight is 756 g/mol. The molecule has 292 valence electrons. The fraction of sp³-hybridized carbons (Fsp3) is 0.576. The first kappa shape index (κ1) is 42.1. The Kier molecular flexibility index (Phi) is 15.5. The monoisotopic (exact) mass is 755 g/mol. The van der Waals surface area contributed by atoms with Gasteiger partial charge in [0.1, 0.15) is 37.3 Å². The zero-order valence-corrected chi connectivity index (χ0v) is 29.8. The van der Waals surface area contributed by atoms with Gasteiger partial charge in [-0.2, -0.15) is 0 Å². The Labute approximate surface area is 302 Å². The molecule has 0 unspecified atom stereocenters. The van der Waals surface area contributed by atoms with Gasteiger partial charge in [-0.3, -0.25) is 33.6 Å². The van der Waals surface area contributed by atoms with Crippen LogP contribution in [0.3, 0.4) is 0 Å². The van der Waals surface area contributed by atoms with Gasteiger partial charge in [-0.15, -0.1) is 0 Å². The van der Waals surface area contributed by atoms with Crippen LogP contribution in [0.5, 0.6) is 5.75 Å². The van der Waals surface area contributed by atoms with Gasteiger partial charge in [-0.05, 0) is 29.8 Å². The SMILES string of the molecule is CC(=O)OC[C@H]1O[C@@H](O[C@H]2[C@H](OC(C)=O)[C@@H](OC(C)=O)[C@H](Oc3ccc(/C=N\O)cc3)O[C@@H]2COC(C)=O)[C@H](OC(C)=O)[C@@H](OC(C)=O)[C@H]1OC(C)=O. The molecule has 10 atom stereocenters. The van der Waals surface area contributed by atoms with Gasteiger partial charge >= 0.3 is 41.8 Å². The minimum Gasteiger partial charge on any atom is -0.463 e. The number of oxime groups is 1. The van der Waals surface area contributed by atoms with Crippen LogP contribution in [0.1, 0.15) is 54.0 Å². The van der Waals surface area contributed by atoms with Crippen molar-refractivity contribution in [1.82, 2.24) is 0 Å².